The van der Waals surface area contributed by atoms with Crippen molar-refractivity contribution in [3.8, 4) is 0 Å². The summed E-state index contributed by atoms with van der Waals surface area (Å²) in [5, 5.41) is 17.0. The highest BCUT2D eigenvalue weighted by molar-refractivity contribution is 9.10. The van der Waals surface area contributed by atoms with Gasteiger partial charge in [0.25, 0.3) is 5.69 Å². The summed E-state index contributed by atoms with van der Waals surface area (Å²) in [6.07, 6.45) is 1.75. The number of piperidine rings is 1. The number of amides is 1. The summed E-state index contributed by atoms with van der Waals surface area (Å²) in [7, 11) is 0. The molecule has 0 aliphatic carbocycles. The maximum Gasteiger partial charge on any atom is 0.274 e. The minimum atomic E-state index is -0.489. The number of carbonyl (C=O) groups is 1. The first-order valence-corrected chi connectivity index (χ1v) is 7.59. The Hall–Kier alpha value is -1.47. The summed E-state index contributed by atoms with van der Waals surface area (Å²) in [6, 6.07) is 3.05. The Morgan fingerprint density at radius 3 is 2.81 bits per heavy atom. The van der Waals surface area contributed by atoms with Crippen LogP contribution in [0.15, 0.2) is 16.6 Å². The number of nitro groups is 1. The van der Waals surface area contributed by atoms with Crippen LogP contribution in [-0.4, -0.2) is 23.9 Å². The molecule has 0 saturated carbocycles. The van der Waals surface area contributed by atoms with Gasteiger partial charge in [-0.25, -0.2) is 0 Å². The minimum absolute atomic E-state index is 0.000391. The van der Waals surface area contributed by atoms with E-state index in [-0.39, 0.29) is 11.6 Å². The molecule has 0 radical (unpaired) electrons. The van der Waals surface area contributed by atoms with E-state index in [1.54, 1.807) is 13.0 Å². The first kappa shape index (κ1) is 15.9. The number of rotatable bonds is 3. The summed E-state index contributed by atoms with van der Waals surface area (Å²) in [5.41, 5.74) is 0.497. The highest BCUT2D eigenvalue weighted by Gasteiger charge is 2.35. The lowest BCUT2D eigenvalue weighted by atomic mass is 9.82. The number of anilines is 1. The van der Waals surface area contributed by atoms with Crippen LogP contribution in [-0.2, 0) is 4.79 Å². The summed E-state index contributed by atoms with van der Waals surface area (Å²) >= 11 is 3.35. The van der Waals surface area contributed by atoms with Gasteiger partial charge in [0.15, 0.2) is 0 Å². The van der Waals surface area contributed by atoms with Gasteiger partial charge in [0, 0.05) is 22.6 Å². The fourth-order valence-electron chi connectivity index (χ4n) is 2.48. The van der Waals surface area contributed by atoms with E-state index in [0.29, 0.717) is 22.3 Å². The van der Waals surface area contributed by atoms with Crippen molar-refractivity contribution in [1.29, 1.82) is 0 Å². The average Bonchev–Trinajstić information content (AvgIpc) is 2.42. The maximum absolute atomic E-state index is 12.5. The van der Waals surface area contributed by atoms with Crippen LogP contribution < -0.4 is 10.6 Å². The zero-order valence-electron chi connectivity index (χ0n) is 12.0. The van der Waals surface area contributed by atoms with E-state index in [1.165, 1.54) is 6.07 Å². The molecule has 1 unspecified atom stereocenters. The number of nitrogens with zero attached hydrogens (tertiary/aromatic N) is 1. The molecular weight excluding hydrogens is 338 g/mol. The van der Waals surface area contributed by atoms with Crippen molar-refractivity contribution >= 4 is 33.2 Å². The number of aryl methyl sites for hydroxylation is 1. The van der Waals surface area contributed by atoms with Crippen molar-refractivity contribution < 1.29 is 9.72 Å². The number of nitro benzene ring substituents is 1. The van der Waals surface area contributed by atoms with E-state index >= 15 is 0 Å². The van der Waals surface area contributed by atoms with Gasteiger partial charge in [-0.1, -0.05) is 0 Å². The Bertz CT molecular complexity index is 583. The Labute approximate surface area is 131 Å². The number of hydrogen-bond donors (Lipinski definition) is 2. The van der Waals surface area contributed by atoms with Crippen molar-refractivity contribution in [2.24, 2.45) is 5.41 Å². The fraction of sp³-hybridized carbons (Fsp3) is 0.500. The second kappa shape index (κ2) is 6.11. The van der Waals surface area contributed by atoms with Crippen LogP contribution in [0, 0.1) is 22.5 Å². The van der Waals surface area contributed by atoms with E-state index < -0.39 is 10.3 Å². The second-order valence-corrected chi connectivity index (χ2v) is 6.53. The molecule has 0 spiro atoms. The first-order chi connectivity index (χ1) is 9.83. The SMILES string of the molecule is Cc1cc(Br)c(NC(=O)C2(C)CCCNC2)cc1[N+](=O)[O-]. The van der Waals surface area contributed by atoms with Gasteiger partial charge in [0.1, 0.15) is 0 Å². The van der Waals surface area contributed by atoms with E-state index in [4.69, 9.17) is 0 Å². The van der Waals surface area contributed by atoms with Gasteiger partial charge in [0.2, 0.25) is 5.91 Å². The number of nitrogens with one attached hydrogen (secondary N) is 2. The van der Waals surface area contributed by atoms with E-state index in [1.807, 2.05) is 6.92 Å². The maximum atomic E-state index is 12.5. The molecule has 1 fully saturated rings. The summed E-state index contributed by atoms with van der Waals surface area (Å²) in [6.45, 7) is 5.11. The molecular formula is C14H18BrN3O3. The monoisotopic (exact) mass is 355 g/mol. The first-order valence-electron chi connectivity index (χ1n) is 6.80. The third-order valence-corrected chi connectivity index (χ3v) is 4.53. The second-order valence-electron chi connectivity index (χ2n) is 5.67. The molecule has 1 aromatic rings. The quantitative estimate of drug-likeness (QED) is 0.644. The molecule has 1 saturated heterocycles. The van der Waals surface area contributed by atoms with Crippen LogP contribution in [0.4, 0.5) is 11.4 Å². The predicted molar refractivity (Wildman–Crippen MR) is 84.4 cm³/mol. The highest BCUT2D eigenvalue weighted by Crippen LogP contribution is 2.33. The van der Waals surface area contributed by atoms with Gasteiger partial charge in [-0.15, -0.1) is 0 Å². The predicted octanol–water partition coefficient (Wildman–Crippen LogP) is 2.99. The lowest BCUT2D eigenvalue weighted by Crippen LogP contribution is -2.46. The normalized spacial score (nSPS) is 21.9. The van der Waals surface area contributed by atoms with Gasteiger partial charge in [-0.05, 0) is 55.2 Å². The number of benzene rings is 1. The average molecular weight is 356 g/mol. The highest BCUT2D eigenvalue weighted by atomic mass is 79.9. The summed E-state index contributed by atoms with van der Waals surface area (Å²) in [5.74, 6) is -0.117. The van der Waals surface area contributed by atoms with Crippen molar-refractivity contribution in [2.45, 2.75) is 26.7 Å². The van der Waals surface area contributed by atoms with Gasteiger partial charge < -0.3 is 10.6 Å². The van der Waals surface area contributed by atoms with Crippen LogP contribution >= 0.6 is 15.9 Å². The summed E-state index contributed by atoms with van der Waals surface area (Å²) in [4.78, 5) is 23.0. The summed E-state index contributed by atoms with van der Waals surface area (Å²) < 4.78 is 0.645. The number of carbonyl (C=O) groups excluding carboxylic acids is 1. The largest absolute Gasteiger partial charge is 0.324 e. The van der Waals surface area contributed by atoms with Gasteiger partial charge in [0.05, 0.1) is 16.0 Å². The third kappa shape index (κ3) is 3.41. The van der Waals surface area contributed by atoms with Crippen LogP contribution in [0.25, 0.3) is 0 Å². The standard InChI is InChI=1S/C14H18BrN3O3/c1-9-6-10(15)11(7-12(9)18(20)21)17-13(19)14(2)4-3-5-16-8-14/h6-7,16H,3-5,8H2,1-2H3,(H,17,19). The minimum Gasteiger partial charge on any atom is -0.324 e. The molecule has 1 aliphatic heterocycles. The lowest BCUT2D eigenvalue weighted by Gasteiger charge is -2.32. The molecule has 1 amide bonds. The van der Waals surface area contributed by atoms with Crippen LogP contribution in [0.1, 0.15) is 25.3 Å². The Morgan fingerprint density at radius 1 is 1.52 bits per heavy atom. The zero-order chi connectivity index (χ0) is 15.6. The zero-order valence-corrected chi connectivity index (χ0v) is 13.6. The Morgan fingerprint density at radius 2 is 2.24 bits per heavy atom. The molecule has 1 atom stereocenters. The molecule has 114 valence electrons. The van der Waals surface area contributed by atoms with Gasteiger partial charge >= 0.3 is 0 Å². The molecule has 21 heavy (non-hydrogen) atoms. The van der Waals surface area contributed by atoms with Crippen LogP contribution in [0.2, 0.25) is 0 Å². The molecule has 0 bridgehead atoms. The third-order valence-electron chi connectivity index (χ3n) is 3.88. The molecule has 6 nitrogen and oxygen atoms in total. The van der Waals surface area contributed by atoms with Crippen LogP contribution in [0.5, 0.6) is 0 Å². The van der Waals surface area contributed by atoms with Crippen molar-refractivity contribution in [3.63, 3.8) is 0 Å². The number of hydrogen-bond acceptors (Lipinski definition) is 4. The Kier molecular flexibility index (Phi) is 4.63. The molecule has 0 aromatic heterocycles. The van der Waals surface area contributed by atoms with Gasteiger partial charge in [-0.2, -0.15) is 0 Å². The molecule has 1 aromatic carbocycles. The molecule has 7 heteroatoms. The van der Waals surface area contributed by atoms with Crippen molar-refractivity contribution in [2.75, 3.05) is 18.4 Å². The molecule has 1 heterocycles. The lowest BCUT2D eigenvalue weighted by molar-refractivity contribution is -0.385. The van der Waals surface area contributed by atoms with E-state index in [2.05, 4.69) is 26.6 Å². The fourth-order valence-corrected chi connectivity index (χ4v) is 3.03. The molecule has 1 aliphatic rings. The number of halogens is 1. The van der Waals surface area contributed by atoms with Crippen LogP contribution in [0.3, 0.4) is 0 Å². The van der Waals surface area contributed by atoms with Crippen molar-refractivity contribution in [1.82, 2.24) is 5.32 Å². The smallest absolute Gasteiger partial charge is 0.274 e. The van der Waals surface area contributed by atoms with Crippen molar-refractivity contribution in [3.05, 3.63) is 32.3 Å². The van der Waals surface area contributed by atoms with E-state index in [9.17, 15) is 14.9 Å². The van der Waals surface area contributed by atoms with E-state index in [0.717, 1.165) is 19.4 Å². The van der Waals surface area contributed by atoms with Gasteiger partial charge in [-0.3, -0.25) is 14.9 Å². The Balaban J connectivity index is 2.24. The molecule has 2 N–H and O–H groups in total. The topological polar surface area (TPSA) is 84.3 Å². The molecule has 2 rings (SSSR count).